The van der Waals surface area contributed by atoms with Crippen molar-refractivity contribution in [1.29, 1.82) is 0 Å². The van der Waals surface area contributed by atoms with Gasteiger partial charge in [-0.2, -0.15) is 0 Å². The lowest BCUT2D eigenvalue weighted by Crippen LogP contribution is -2.26. The Morgan fingerprint density at radius 3 is 3.12 bits per heavy atom. The number of aromatic nitrogens is 2. The van der Waals surface area contributed by atoms with E-state index in [-0.39, 0.29) is 5.91 Å². The van der Waals surface area contributed by atoms with E-state index in [1.54, 1.807) is 18.3 Å². The maximum atomic E-state index is 11.5. The van der Waals surface area contributed by atoms with Gasteiger partial charge < -0.3 is 14.3 Å². The molecule has 2 aromatic rings. The summed E-state index contributed by atoms with van der Waals surface area (Å²) < 4.78 is 6.95. The Morgan fingerprint density at radius 2 is 2.50 bits per heavy atom. The Bertz CT molecular complexity index is 459. The van der Waals surface area contributed by atoms with E-state index in [1.165, 1.54) is 6.26 Å². The van der Waals surface area contributed by atoms with E-state index in [1.807, 2.05) is 17.7 Å². The highest BCUT2D eigenvalue weighted by Crippen LogP contribution is 1.99. The molecule has 0 bridgehead atoms. The van der Waals surface area contributed by atoms with Gasteiger partial charge in [0.05, 0.1) is 6.26 Å². The Labute approximate surface area is 93.1 Å². The maximum Gasteiger partial charge on any atom is 0.287 e. The molecule has 0 saturated heterocycles. The molecular formula is C11H13N3O2. The molecule has 0 saturated carbocycles. The molecule has 2 rings (SSSR count). The number of aryl methyl sites for hydroxylation is 1. The minimum Gasteiger partial charge on any atom is -0.459 e. The van der Waals surface area contributed by atoms with Crippen molar-refractivity contribution in [2.45, 2.75) is 13.5 Å². The van der Waals surface area contributed by atoms with E-state index < -0.39 is 0 Å². The summed E-state index contributed by atoms with van der Waals surface area (Å²) in [5.41, 5.74) is 0. The van der Waals surface area contributed by atoms with Gasteiger partial charge in [0.2, 0.25) is 0 Å². The topological polar surface area (TPSA) is 60.1 Å². The molecule has 84 valence electrons. The zero-order valence-corrected chi connectivity index (χ0v) is 9.01. The van der Waals surface area contributed by atoms with Crippen molar-refractivity contribution < 1.29 is 9.21 Å². The van der Waals surface area contributed by atoms with Gasteiger partial charge in [0.25, 0.3) is 5.91 Å². The minimum atomic E-state index is -0.192. The summed E-state index contributed by atoms with van der Waals surface area (Å²) in [5, 5.41) is 2.77. The normalized spacial score (nSPS) is 10.3. The van der Waals surface area contributed by atoms with Gasteiger partial charge in [-0.15, -0.1) is 0 Å². The van der Waals surface area contributed by atoms with Gasteiger partial charge in [0.15, 0.2) is 5.76 Å². The molecule has 0 atom stereocenters. The van der Waals surface area contributed by atoms with Crippen LogP contribution in [-0.4, -0.2) is 22.0 Å². The van der Waals surface area contributed by atoms with Gasteiger partial charge in [-0.25, -0.2) is 4.98 Å². The SMILES string of the molecule is Cc1nccn1CCNC(=O)c1ccco1. The Kier molecular flexibility index (Phi) is 3.05. The Morgan fingerprint density at radius 1 is 1.62 bits per heavy atom. The smallest absolute Gasteiger partial charge is 0.287 e. The highest BCUT2D eigenvalue weighted by molar-refractivity contribution is 5.91. The second kappa shape index (κ2) is 4.65. The van der Waals surface area contributed by atoms with Crippen LogP contribution in [0.15, 0.2) is 35.2 Å². The number of carbonyl (C=O) groups excluding carboxylic acids is 1. The van der Waals surface area contributed by atoms with Crippen LogP contribution < -0.4 is 5.32 Å². The summed E-state index contributed by atoms with van der Waals surface area (Å²) in [6.07, 6.45) is 5.10. The number of imidazole rings is 1. The van der Waals surface area contributed by atoms with Gasteiger partial charge in [-0.1, -0.05) is 0 Å². The van der Waals surface area contributed by atoms with Crippen LogP contribution in [0.2, 0.25) is 0 Å². The van der Waals surface area contributed by atoms with Crippen molar-refractivity contribution in [3.05, 3.63) is 42.4 Å². The molecule has 0 unspecified atom stereocenters. The standard InChI is InChI=1S/C11H13N3O2/c1-9-12-4-6-14(9)7-5-13-11(15)10-3-2-8-16-10/h2-4,6,8H,5,7H2,1H3,(H,13,15). The molecule has 0 fully saturated rings. The molecular weight excluding hydrogens is 206 g/mol. The summed E-state index contributed by atoms with van der Waals surface area (Å²) in [4.78, 5) is 15.6. The third-order valence-electron chi connectivity index (χ3n) is 2.31. The number of rotatable bonds is 4. The lowest BCUT2D eigenvalue weighted by molar-refractivity contribution is 0.0924. The number of hydrogen-bond donors (Lipinski definition) is 1. The first-order valence-electron chi connectivity index (χ1n) is 5.07. The highest BCUT2D eigenvalue weighted by atomic mass is 16.3. The maximum absolute atomic E-state index is 11.5. The molecule has 0 radical (unpaired) electrons. The van der Waals surface area contributed by atoms with Gasteiger partial charge >= 0.3 is 0 Å². The molecule has 5 heteroatoms. The lowest BCUT2D eigenvalue weighted by Gasteiger charge is -2.05. The molecule has 2 heterocycles. The van der Waals surface area contributed by atoms with Crippen LogP contribution in [-0.2, 0) is 6.54 Å². The predicted octanol–water partition coefficient (Wildman–Crippen LogP) is 1.21. The van der Waals surface area contributed by atoms with Crippen molar-refractivity contribution in [3.8, 4) is 0 Å². The van der Waals surface area contributed by atoms with E-state index in [4.69, 9.17) is 4.42 Å². The van der Waals surface area contributed by atoms with Crippen molar-refractivity contribution in [1.82, 2.24) is 14.9 Å². The quantitative estimate of drug-likeness (QED) is 0.840. The molecule has 1 N–H and O–H groups in total. The molecule has 0 spiro atoms. The van der Waals surface area contributed by atoms with Gasteiger partial charge in [0.1, 0.15) is 5.82 Å². The third kappa shape index (κ3) is 2.31. The molecule has 5 nitrogen and oxygen atoms in total. The lowest BCUT2D eigenvalue weighted by atomic mass is 10.4. The van der Waals surface area contributed by atoms with Gasteiger partial charge in [-0.05, 0) is 19.1 Å². The average molecular weight is 219 g/mol. The molecule has 1 amide bonds. The van der Waals surface area contributed by atoms with Crippen molar-refractivity contribution in [2.75, 3.05) is 6.54 Å². The van der Waals surface area contributed by atoms with Crippen molar-refractivity contribution in [3.63, 3.8) is 0 Å². The molecule has 0 aliphatic heterocycles. The number of carbonyl (C=O) groups is 1. The third-order valence-corrected chi connectivity index (χ3v) is 2.31. The number of nitrogens with one attached hydrogen (secondary N) is 1. The number of nitrogens with zero attached hydrogens (tertiary/aromatic N) is 2. The monoisotopic (exact) mass is 219 g/mol. The van der Waals surface area contributed by atoms with Crippen LogP contribution in [0.25, 0.3) is 0 Å². The summed E-state index contributed by atoms with van der Waals surface area (Å²) in [6.45, 7) is 3.18. The highest BCUT2D eigenvalue weighted by Gasteiger charge is 2.06. The van der Waals surface area contributed by atoms with E-state index in [9.17, 15) is 4.79 Å². The van der Waals surface area contributed by atoms with Crippen molar-refractivity contribution in [2.24, 2.45) is 0 Å². The fourth-order valence-electron chi connectivity index (χ4n) is 1.42. The van der Waals surface area contributed by atoms with E-state index in [0.29, 0.717) is 18.8 Å². The van der Waals surface area contributed by atoms with Crippen LogP contribution >= 0.6 is 0 Å². The van der Waals surface area contributed by atoms with Crippen molar-refractivity contribution >= 4 is 5.91 Å². The minimum absolute atomic E-state index is 0.192. The zero-order valence-electron chi connectivity index (χ0n) is 9.01. The predicted molar refractivity (Wildman–Crippen MR) is 58.0 cm³/mol. The van der Waals surface area contributed by atoms with E-state index in [0.717, 1.165) is 5.82 Å². The van der Waals surface area contributed by atoms with Crippen LogP contribution in [0.3, 0.4) is 0 Å². The molecule has 0 aromatic carbocycles. The first-order chi connectivity index (χ1) is 7.77. The first-order valence-corrected chi connectivity index (χ1v) is 5.07. The second-order valence-electron chi connectivity index (χ2n) is 3.40. The van der Waals surface area contributed by atoms with Gasteiger partial charge in [0, 0.05) is 25.5 Å². The summed E-state index contributed by atoms with van der Waals surface area (Å²) in [6, 6.07) is 3.33. The molecule has 16 heavy (non-hydrogen) atoms. The molecule has 2 aromatic heterocycles. The largest absolute Gasteiger partial charge is 0.459 e. The van der Waals surface area contributed by atoms with Crippen LogP contribution in [0, 0.1) is 6.92 Å². The Balaban J connectivity index is 1.81. The summed E-state index contributed by atoms with van der Waals surface area (Å²) in [5.74, 6) is 1.08. The number of hydrogen-bond acceptors (Lipinski definition) is 3. The first kappa shape index (κ1) is 10.5. The van der Waals surface area contributed by atoms with Crippen LogP contribution in [0.1, 0.15) is 16.4 Å². The molecule has 0 aliphatic carbocycles. The van der Waals surface area contributed by atoms with E-state index >= 15 is 0 Å². The fourth-order valence-corrected chi connectivity index (χ4v) is 1.42. The second-order valence-corrected chi connectivity index (χ2v) is 3.40. The number of amides is 1. The zero-order chi connectivity index (χ0) is 11.4. The fraction of sp³-hybridized carbons (Fsp3) is 0.273. The van der Waals surface area contributed by atoms with Crippen LogP contribution in [0.4, 0.5) is 0 Å². The molecule has 0 aliphatic rings. The average Bonchev–Trinajstić information content (AvgIpc) is 2.90. The summed E-state index contributed by atoms with van der Waals surface area (Å²) in [7, 11) is 0. The van der Waals surface area contributed by atoms with E-state index in [2.05, 4.69) is 10.3 Å². The summed E-state index contributed by atoms with van der Waals surface area (Å²) >= 11 is 0. The van der Waals surface area contributed by atoms with Gasteiger partial charge in [-0.3, -0.25) is 4.79 Å². The Hall–Kier alpha value is -2.04. The number of furan rings is 1. The van der Waals surface area contributed by atoms with Crippen LogP contribution in [0.5, 0.6) is 0 Å².